The summed E-state index contributed by atoms with van der Waals surface area (Å²) in [6.45, 7) is 6.36. The molecule has 0 amide bonds. The van der Waals surface area contributed by atoms with Crippen LogP contribution in [0.2, 0.25) is 10.0 Å². The smallest absolute Gasteiger partial charge is 0.156 e. The van der Waals surface area contributed by atoms with E-state index in [4.69, 9.17) is 27.9 Å². The molecule has 1 aliphatic rings. The summed E-state index contributed by atoms with van der Waals surface area (Å²) in [6.07, 6.45) is 2.59. The van der Waals surface area contributed by atoms with Crippen molar-refractivity contribution in [2.45, 2.75) is 32.4 Å². The van der Waals surface area contributed by atoms with Crippen molar-refractivity contribution in [3.63, 3.8) is 0 Å². The number of likely N-dealkylation sites (tertiary alicyclic amines) is 1. The van der Waals surface area contributed by atoms with E-state index in [1.54, 1.807) is 7.11 Å². The lowest BCUT2D eigenvalue weighted by atomic mass is 10.2. The number of ether oxygens (including phenoxy) is 1. The van der Waals surface area contributed by atoms with Crippen molar-refractivity contribution in [1.82, 2.24) is 10.2 Å². The van der Waals surface area contributed by atoms with Gasteiger partial charge in [-0.25, -0.2) is 0 Å². The summed E-state index contributed by atoms with van der Waals surface area (Å²) in [5.74, 6) is 0.546. The Labute approximate surface area is 131 Å². The average molecular weight is 317 g/mol. The molecule has 1 atom stereocenters. The standard InChI is InChI=1S/C15H22Cl2N2O/c1-3-19-6-4-5-12(19)10-18-9-11-7-13(16)15(20-2)14(17)8-11/h7-8,12,18H,3-6,9-10H2,1-2H3/t12-/m0/s1. The van der Waals surface area contributed by atoms with Gasteiger partial charge in [0.05, 0.1) is 17.2 Å². The molecular weight excluding hydrogens is 295 g/mol. The third kappa shape index (κ3) is 3.79. The minimum atomic E-state index is 0.546. The predicted molar refractivity (Wildman–Crippen MR) is 85.0 cm³/mol. The average Bonchev–Trinajstić information content (AvgIpc) is 2.86. The van der Waals surface area contributed by atoms with Gasteiger partial charge in [-0.1, -0.05) is 30.1 Å². The van der Waals surface area contributed by atoms with Gasteiger partial charge in [0.15, 0.2) is 5.75 Å². The van der Waals surface area contributed by atoms with Gasteiger partial charge < -0.3 is 10.1 Å². The lowest BCUT2D eigenvalue weighted by molar-refractivity contribution is 0.260. The van der Waals surface area contributed by atoms with E-state index in [1.807, 2.05) is 12.1 Å². The maximum Gasteiger partial charge on any atom is 0.156 e. The van der Waals surface area contributed by atoms with Crippen molar-refractivity contribution < 1.29 is 4.74 Å². The highest BCUT2D eigenvalue weighted by atomic mass is 35.5. The van der Waals surface area contributed by atoms with Crippen LogP contribution < -0.4 is 10.1 Å². The lowest BCUT2D eigenvalue weighted by Crippen LogP contribution is -2.37. The number of rotatable bonds is 6. The van der Waals surface area contributed by atoms with E-state index < -0.39 is 0 Å². The Morgan fingerprint density at radius 2 is 2.05 bits per heavy atom. The lowest BCUT2D eigenvalue weighted by Gasteiger charge is -2.23. The van der Waals surface area contributed by atoms with Gasteiger partial charge >= 0.3 is 0 Å². The molecule has 5 heteroatoms. The van der Waals surface area contributed by atoms with Crippen molar-refractivity contribution >= 4 is 23.2 Å². The van der Waals surface area contributed by atoms with Gasteiger partial charge in [0.1, 0.15) is 0 Å². The van der Waals surface area contributed by atoms with E-state index in [-0.39, 0.29) is 0 Å². The summed E-state index contributed by atoms with van der Waals surface area (Å²) in [5, 5.41) is 4.63. The second kappa shape index (κ2) is 7.51. The Morgan fingerprint density at radius 3 is 2.65 bits per heavy atom. The summed E-state index contributed by atoms with van der Waals surface area (Å²) < 4.78 is 5.15. The number of hydrogen-bond donors (Lipinski definition) is 1. The van der Waals surface area contributed by atoms with Crippen LogP contribution in [-0.4, -0.2) is 37.7 Å². The van der Waals surface area contributed by atoms with Crippen molar-refractivity contribution in [1.29, 1.82) is 0 Å². The van der Waals surface area contributed by atoms with E-state index >= 15 is 0 Å². The largest absolute Gasteiger partial charge is 0.494 e. The van der Waals surface area contributed by atoms with Gasteiger partial charge in [-0.15, -0.1) is 0 Å². The Kier molecular flexibility index (Phi) is 5.97. The molecule has 1 saturated heterocycles. The van der Waals surface area contributed by atoms with Crippen LogP contribution >= 0.6 is 23.2 Å². The maximum atomic E-state index is 6.14. The van der Waals surface area contributed by atoms with E-state index in [2.05, 4.69) is 17.1 Å². The molecule has 1 N–H and O–H groups in total. The monoisotopic (exact) mass is 316 g/mol. The Morgan fingerprint density at radius 1 is 1.35 bits per heavy atom. The van der Waals surface area contributed by atoms with Gasteiger partial charge in [0.2, 0.25) is 0 Å². The number of methoxy groups -OCH3 is 1. The molecule has 0 aromatic heterocycles. The summed E-state index contributed by atoms with van der Waals surface area (Å²) >= 11 is 12.3. The molecule has 0 radical (unpaired) electrons. The zero-order valence-corrected chi connectivity index (χ0v) is 13.6. The van der Waals surface area contributed by atoms with Crippen LogP contribution in [0.5, 0.6) is 5.75 Å². The summed E-state index contributed by atoms with van der Waals surface area (Å²) in [4.78, 5) is 2.53. The Bertz CT molecular complexity index is 430. The van der Waals surface area contributed by atoms with Gasteiger partial charge in [-0.3, -0.25) is 4.90 Å². The number of hydrogen-bond acceptors (Lipinski definition) is 3. The fraction of sp³-hybridized carbons (Fsp3) is 0.600. The van der Waals surface area contributed by atoms with Crippen molar-refractivity contribution in [3.05, 3.63) is 27.7 Å². The quantitative estimate of drug-likeness (QED) is 0.868. The fourth-order valence-corrected chi connectivity index (χ4v) is 3.52. The van der Waals surface area contributed by atoms with Crippen LogP contribution in [0.1, 0.15) is 25.3 Å². The van der Waals surface area contributed by atoms with Crippen LogP contribution in [0.3, 0.4) is 0 Å². The molecule has 0 saturated carbocycles. The molecule has 0 unspecified atom stereocenters. The van der Waals surface area contributed by atoms with E-state index in [1.165, 1.54) is 19.4 Å². The molecule has 1 aromatic rings. The Hall–Kier alpha value is -0.480. The molecule has 0 aliphatic carbocycles. The van der Waals surface area contributed by atoms with Gasteiger partial charge in [-0.2, -0.15) is 0 Å². The zero-order chi connectivity index (χ0) is 14.5. The highest BCUT2D eigenvalue weighted by Crippen LogP contribution is 2.33. The first kappa shape index (κ1) is 15.9. The molecule has 112 valence electrons. The topological polar surface area (TPSA) is 24.5 Å². The first-order chi connectivity index (χ1) is 9.65. The van der Waals surface area contributed by atoms with E-state index in [0.717, 1.165) is 25.2 Å². The third-order valence-electron chi connectivity index (χ3n) is 3.88. The molecular formula is C15H22Cl2N2O. The third-order valence-corrected chi connectivity index (χ3v) is 4.44. The van der Waals surface area contributed by atoms with Gasteiger partial charge in [0, 0.05) is 19.1 Å². The molecule has 3 nitrogen and oxygen atoms in total. The number of benzene rings is 1. The minimum Gasteiger partial charge on any atom is -0.494 e. The first-order valence-electron chi connectivity index (χ1n) is 7.12. The van der Waals surface area contributed by atoms with Crippen LogP contribution in [0.15, 0.2) is 12.1 Å². The molecule has 0 spiro atoms. The molecule has 1 fully saturated rings. The van der Waals surface area contributed by atoms with Gasteiger partial charge in [0.25, 0.3) is 0 Å². The number of nitrogens with zero attached hydrogens (tertiary/aromatic N) is 1. The maximum absolute atomic E-state index is 6.14. The summed E-state index contributed by atoms with van der Waals surface area (Å²) in [5.41, 5.74) is 1.09. The highest BCUT2D eigenvalue weighted by molar-refractivity contribution is 6.37. The van der Waals surface area contributed by atoms with Crippen LogP contribution in [0, 0.1) is 0 Å². The van der Waals surface area contributed by atoms with Crippen molar-refractivity contribution in [3.8, 4) is 5.75 Å². The van der Waals surface area contributed by atoms with Crippen molar-refractivity contribution in [2.24, 2.45) is 0 Å². The predicted octanol–water partition coefficient (Wildman–Crippen LogP) is 3.58. The molecule has 2 rings (SSSR count). The van der Waals surface area contributed by atoms with Crippen LogP contribution in [0.25, 0.3) is 0 Å². The Balaban J connectivity index is 1.88. The molecule has 1 aliphatic heterocycles. The SMILES string of the molecule is CCN1CCC[C@H]1CNCc1cc(Cl)c(OC)c(Cl)c1. The number of likely N-dealkylation sites (N-methyl/N-ethyl adjacent to an activating group) is 1. The fourth-order valence-electron chi connectivity index (χ4n) is 2.84. The van der Waals surface area contributed by atoms with Crippen LogP contribution in [0.4, 0.5) is 0 Å². The summed E-state index contributed by atoms with van der Waals surface area (Å²) in [7, 11) is 1.57. The molecule has 0 bridgehead atoms. The van der Waals surface area contributed by atoms with E-state index in [9.17, 15) is 0 Å². The molecule has 20 heavy (non-hydrogen) atoms. The van der Waals surface area contributed by atoms with Crippen molar-refractivity contribution in [2.75, 3.05) is 26.7 Å². The minimum absolute atomic E-state index is 0.546. The second-order valence-electron chi connectivity index (χ2n) is 5.15. The number of halogens is 2. The second-order valence-corrected chi connectivity index (χ2v) is 5.96. The highest BCUT2D eigenvalue weighted by Gasteiger charge is 2.22. The van der Waals surface area contributed by atoms with Gasteiger partial charge in [-0.05, 0) is 43.6 Å². The molecule has 1 aromatic carbocycles. The van der Waals surface area contributed by atoms with E-state index in [0.29, 0.717) is 21.8 Å². The van der Waals surface area contributed by atoms with Crippen LogP contribution in [-0.2, 0) is 6.54 Å². The number of nitrogens with one attached hydrogen (secondary N) is 1. The molecule has 1 heterocycles. The first-order valence-corrected chi connectivity index (χ1v) is 7.88. The normalized spacial score (nSPS) is 19.5. The zero-order valence-electron chi connectivity index (χ0n) is 12.1. The summed E-state index contributed by atoms with van der Waals surface area (Å²) in [6, 6.07) is 4.47.